The molecule has 0 saturated carbocycles. The number of hydrogen-bond acceptors (Lipinski definition) is 5. The van der Waals surface area contributed by atoms with Crippen LogP contribution in [0.5, 0.6) is 28.7 Å². The van der Waals surface area contributed by atoms with Crippen LogP contribution < -0.4 is 9.47 Å². The average molecular weight is 487 g/mol. The minimum Gasteiger partial charge on any atom is -0.508 e. The second kappa shape index (κ2) is 10.6. The number of aromatic hydroxyl groups is 1. The lowest BCUT2D eigenvalue weighted by Gasteiger charge is -2.09. The van der Waals surface area contributed by atoms with E-state index < -0.39 is 0 Å². The molecule has 0 heterocycles. The molecule has 5 rings (SSSR count). The molecule has 0 fully saturated rings. The second-order valence-electron chi connectivity index (χ2n) is 8.31. The van der Waals surface area contributed by atoms with Crippen LogP contribution >= 0.6 is 0 Å². The van der Waals surface area contributed by atoms with Gasteiger partial charge in [0.05, 0.1) is 0 Å². The molecular formula is C32H22O5. The SMILES string of the molecule is O=C(c1ccc(Oc2ccccc2)cc1)c1cc(O)cc(C(=O)c2ccc(Oc3ccccc3)cc2)c1. The number of ketones is 2. The summed E-state index contributed by atoms with van der Waals surface area (Å²) in [5.41, 5.74) is 1.24. The largest absolute Gasteiger partial charge is 0.508 e. The Morgan fingerprint density at radius 1 is 0.432 bits per heavy atom. The Bertz CT molecular complexity index is 1410. The molecule has 5 nitrogen and oxygen atoms in total. The maximum atomic E-state index is 13.1. The molecule has 0 aliphatic rings. The van der Waals surface area contributed by atoms with E-state index in [2.05, 4.69) is 0 Å². The topological polar surface area (TPSA) is 72.8 Å². The zero-order valence-corrected chi connectivity index (χ0v) is 19.7. The average Bonchev–Trinajstić information content (AvgIpc) is 2.94. The Morgan fingerprint density at radius 3 is 1.16 bits per heavy atom. The van der Waals surface area contributed by atoms with E-state index in [4.69, 9.17) is 9.47 Å². The van der Waals surface area contributed by atoms with Gasteiger partial charge in [0.25, 0.3) is 0 Å². The summed E-state index contributed by atoms with van der Waals surface area (Å²) in [6.07, 6.45) is 0. The molecule has 0 atom stereocenters. The number of ether oxygens (including phenoxy) is 2. The van der Waals surface area contributed by atoms with E-state index in [0.717, 1.165) is 0 Å². The zero-order valence-electron chi connectivity index (χ0n) is 19.7. The molecular weight excluding hydrogens is 464 g/mol. The summed E-state index contributed by atoms with van der Waals surface area (Å²) < 4.78 is 11.5. The van der Waals surface area contributed by atoms with Gasteiger partial charge in [-0.15, -0.1) is 0 Å². The fourth-order valence-corrected chi connectivity index (χ4v) is 3.80. The maximum Gasteiger partial charge on any atom is 0.193 e. The van der Waals surface area contributed by atoms with Crippen molar-refractivity contribution in [1.29, 1.82) is 0 Å². The van der Waals surface area contributed by atoms with E-state index in [1.54, 1.807) is 48.5 Å². The third-order valence-corrected chi connectivity index (χ3v) is 5.63. The van der Waals surface area contributed by atoms with E-state index in [-0.39, 0.29) is 28.4 Å². The number of rotatable bonds is 8. The van der Waals surface area contributed by atoms with Crippen LogP contribution in [0.3, 0.4) is 0 Å². The molecule has 0 aromatic heterocycles. The van der Waals surface area contributed by atoms with Crippen molar-refractivity contribution in [3.8, 4) is 28.7 Å². The number of phenols is 1. The summed E-state index contributed by atoms with van der Waals surface area (Å²) >= 11 is 0. The highest BCUT2D eigenvalue weighted by Crippen LogP contribution is 2.26. The van der Waals surface area contributed by atoms with Crippen molar-refractivity contribution in [2.45, 2.75) is 0 Å². The molecule has 0 aliphatic carbocycles. The van der Waals surface area contributed by atoms with Gasteiger partial charge >= 0.3 is 0 Å². The van der Waals surface area contributed by atoms with Gasteiger partial charge < -0.3 is 14.6 Å². The molecule has 0 amide bonds. The Labute approximate surface area is 214 Å². The Morgan fingerprint density at radius 2 is 0.784 bits per heavy atom. The molecule has 5 heteroatoms. The lowest BCUT2D eigenvalue weighted by Crippen LogP contribution is -2.06. The first-order chi connectivity index (χ1) is 18.0. The van der Waals surface area contributed by atoms with Gasteiger partial charge in [-0.25, -0.2) is 0 Å². The molecule has 5 aromatic carbocycles. The molecule has 37 heavy (non-hydrogen) atoms. The van der Waals surface area contributed by atoms with Crippen LogP contribution in [-0.2, 0) is 0 Å². The standard InChI is InChI=1S/C32H22O5/c33-26-20-24(31(34)22-11-15-29(16-12-22)36-27-7-3-1-4-8-27)19-25(21-26)32(35)23-13-17-30(18-14-23)37-28-9-5-2-6-10-28/h1-21,33H. The molecule has 0 unspecified atom stereocenters. The van der Waals surface area contributed by atoms with Gasteiger partial charge in [0.1, 0.15) is 28.7 Å². The van der Waals surface area contributed by atoms with Crippen LogP contribution in [0, 0.1) is 0 Å². The lowest BCUT2D eigenvalue weighted by atomic mass is 9.97. The van der Waals surface area contributed by atoms with E-state index in [1.165, 1.54) is 18.2 Å². The summed E-state index contributed by atoms with van der Waals surface area (Å²) in [6, 6.07) is 36.3. The molecule has 0 spiro atoms. The van der Waals surface area contributed by atoms with Crippen LogP contribution in [0.4, 0.5) is 0 Å². The van der Waals surface area contributed by atoms with Crippen LogP contribution in [-0.4, -0.2) is 16.7 Å². The maximum absolute atomic E-state index is 13.1. The molecule has 1 N–H and O–H groups in total. The van der Waals surface area contributed by atoms with Crippen molar-refractivity contribution in [3.05, 3.63) is 150 Å². The third kappa shape index (κ3) is 5.74. The molecule has 0 radical (unpaired) electrons. The first-order valence-electron chi connectivity index (χ1n) is 11.6. The summed E-state index contributed by atoms with van der Waals surface area (Å²) in [6.45, 7) is 0. The van der Waals surface area contributed by atoms with Gasteiger partial charge in [0.15, 0.2) is 11.6 Å². The predicted octanol–water partition coefficient (Wildman–Crippen LogP) is 7.44. The molecule has 180 valence electrons. The molecule has 0 saturated heterocycles. The van der Waals surface area contributed by atoms with Gasteiger partial charge in [0, 0.05) is 22.3 Å². The third-order valence-electron chi connectivity index (χ3n) is 5.63. The van der Waals surface area contributed by atoms with E-state index in [1.807, 2.05) is 60.7 Å². The lowest BCUT2D eigenvalue weighted by molar-refractivity contribution is 0.103. The summed E-state index contributed by atoms with van der Waals surface area (Å²) in [5, 5.41) is 10.3. The van der Waals surface area contributed by atoms with Crippen molar-refractivity contribution < 1.29 is 24.2 Å². The quantitative estimate of drug-likeness (QED) is 0.231. The van der Waals surface area contributed by atoms with Crippen molar-refractivity contribution >= 4 is 11.6 Å². The van der Waals surface area contributed by atoms with Crippen LogP contribution in [0.25, 0.3) is 0 Å². The number of carbonyl (C=O) groups is 2. The Balaban J connectivity index is 1.32. The highest BCUT2D eigenvalue weighted by Gasteiger charge is 2.16. The van der Waals surface area contributed by atoms with Crippen molar-refractivity contribution in [2.24, 2.45) is 0 Å². The van der Waals surface area contributed by atoms with Crippen LogP contribution in [0.1, 0.15) is 31.8 Å². The fourth-order valence-electron chi connectivity index (χ4n) is 3.80. The van der Waals surface area contributed by atoms with E-state index >= 15 is 0 Å². The highest BCUT2D eigenvalue weighted by atomic mass is 16.5. The minimum atomic E-state index is -0.317. The second-order valence-corrected chi connectivity index (χ2v) is 8.31. The number of hydrogen-bond donors (Lipinski definition) is 1. The first kappa shape index (κ1) is 23.6. The summed E-state index contributed by atoms with van der Waals surface area (Å²) in [4.78, 5) is 26.2. The molecule has 0 bridgehead atoms. The number of benzene rings is 5. The number of carbonyl (C=O) groups excluding carboxylic acids is 2. The van der Waals surface area contributed by atoms with Crippen LogP contribution in [0.15, 0.2) is 127 Å². The highest BCUT2D eigenvalue weighted by molar-refractivity contribution is 6.13. The van der Waals surface area contributed by atoms with E-state index in [9.17, 15) is 14.7 Å². The monoisotopic (exact) mass is 486 g/mol. The predicted molar refractivity (Wildman–Crippen MR) is 141 cm³/mol. The smallest absolute Gasteiger partial charge is 0.193 e. The van der Waals surface area contributed by atoms with Gasteiger partial charge in [-0.3, -0.25) is 9.59 Å². The van der Waals surface area contributed by atoms with Crippen LogP contribution in [0.2, 0.25) is 0 Å². The number of para-hydroxylation sites is 2. The molecule has 0 aliphatic heterocycles. The van der Waals surface area contributed by atoms with Crippen molar-refractivity contribution in [1.82, 2.24) is 0 Å². The van der Waals surface area contributed by atoms with Gasteiger partial charge in [0.2, 0.25) is 0 Å². The summed E-state index contributed by atoms with van der Waals surface area (Å²) in [5.74, 6) is 1.77. The zero-order chi connectivity index (χ0) is 25.6. The Kier molecular flexibility index (Phi) is 6.77. The van der Waals surface area contributed by atoms with Gasteiger partial charge in [-0.2, -0.15) is 0 Å². The van der Waals surface area contributed by atoms with Gasteiger partial charge in [-0.05, 0) is 91.0 Å². The Hall–Kier alpha value is -5.16. The van der Waals surface area contributed by atoms with Crippen molar-refractivity contribution in [3.63, 3.8) is 0 Å². The minimum absolute atomic E-state index is 0.165. The van der Waals surface area contributed by atoms with Crippen molar-refractivity contribution in [2.75, 3.05) is 0 Å². The first-order valence-corrected chi connectivity index (χ1v) is 11.6. The summed E-state index contributed by atoms with van der Waals surface area (Å²) in [7, 11) is 0. The molecule has 5 aromatic rings. The number of phenolic OH excluding ortho intramolecular Hbond substituents is 1. The van der Waals surface area contributed by atoms with E-state index in [0.29, 0.717) is 34.1 Å². The normalized spacial score (nSPS) is 10.5. The van der Waals surface area contributed by atoms with Gasteiger partial charge in [-0.1, -0.05) is 36.4 Å². The fraction of sp³-hybridized carbons (Fsp3) is 0.